The van der Waals surface area contributed by atoms with Crippen LogP contribution >= 0.6 is 15.9 Å². The van der Waals surface area contributed by atoms with Crippen LogP contribution in [0.4, 0.5) is 0 Å². The second-order valence-corrected chi connectivity index (χ2v) is 5.97. The minimum absolute atomic E-state index is 0.615. The van der Waals surface area contributed by atoms with Crippen molar-refractivity contribution in [3.63, 3.8) is 0 Å². The molecule has 3 nitrogen and oxygen atoms in total. The minimum Gasteiger partial charge on any atom is -0.244 e. The van der Waals surface area contributed by atoms with E-state index in [-0.39, 0.29) is 0 Å². The van der Waals surface area contributed by atoms with Gasteiger partial charge in [-0.3, -0.25) is 0 Å². The van der Waals surface area contributed by atoms with Crippen molar-refractivity contribution < 1.29 is 0 Å². The van der Waals surface area contributed by atoms with Gasteiger partial charge in [0.05, 0.1) is 11.2 Å². The molecule has 0 bridgehead atoms. The first kappa shape index (κ1) is 14.0. The topological polar surface area (TPSA) is 38.7 Å². The summed E-state index contributed by atoms with van der Waals surface area (Å²) < 4.78 is 0.747. The molecule has 2 heterocycles. The summed E-state index contributed by atoms with van der Waals surface area (Å²) >= 11 is 3.48. The van der Waals surface area contributed by atoms with Crippen LogP contribution in [0, 0.1) is 0 Å². The molecular formula is C19H12BrN3. The van der Waals surface area contributed by atoms with E-state index in [0.717, 1.165) is 32.5 Å². The fourth-order valence-corrected chi connectivity index (χ4v) is 2.86. The van der Waals surface area contributed by atoms with Gasteiger partial charge in [-0.25, -0.2) is 15.0 Å². The van der Waals surface area contributed by atoms with Crippen molar-refractivity contribution in [1.82, 2.24) is 15.0 Å². The van der Waals surface area contributed by atoms with Gasteiger partial charge in [0.2, 0.25) is 0 Å². The number of aromatic nitrogens is 3. The lowest BCUT2D eigenvalue weighted by Crippen LogP contribution is -1.95. The Balaban J connectivity index is 1.86. The molecule has 0 atom stereocenters. The third-order valence-corrected chi connectivity index (χ3v) is 4.00. The highest BCUT2D eigenvalue weighted by molar-refractivity contribution is 9.10. The van der Waals surface area contributed by atoms with Crippen LogP contribution in [-0.2, 0) is 0 Å². The van der Waals surface area contributed by atoms with Crippen LogP contribution in [0.5, 0.6) is 0 Å². The van der Waals surface area contributed by atoms with Crippen LogP contribution in [0.2, 0.25) is 0 Å². The van der Waals surface area contributed by atoms with E-state index in [0.29, 0.717) is 5.82 Å². The van der Waals surface area contributed by atoms with Crippen LogP contribution in [0.3, 0.4) is 0 Å². The average Bonchev–Trinajstić information content (AvgIpc) is 2.61. The number of benzene rings is 2. The molecule has 0 radical (unpaired) electrons. The van der Waals surface area contributed by atoms with Crippen molar-refractivity contribution >= 4 is 26.8 Å². The Morgan fingerprint density at radius 1 is 0.652 bits per heavy atom. The molecule has 4 aromatic rings. The van der Waals surface area contributed by atoms with Gasteiger partial charge in [0.1, 0.15) is 10.3 Å². The SMILES string of the molecule is Brc1cc(-c2ccccc2)nc(-c2ccc3ccccc3n2)n1. The summed E-state index contributed by atoms with van der Waals surface area (Å²) in [7, 11) is 0. The first-order valence-electron chi connectivity index (χ1n) is 7.26. The molecule has 2 aromatic carbocycles. The van der Waals surface area contributed by atoms with Crippen molar-refractivity contribution in [2.75, 3.05) is 0 Å². The number of hydrogen-bond acceptors (Lipinski definition) is 3. The monoisotopic (exact) mass is 361 g/mol. The zero-order chi connectivity index (χ0) is 15.6. The number of rotatable bonds is 2. The molecule has 23 heavy (non-hydrogen) atoms. The second-order valence-electron chi connectivity index (χ2n) is 5.15. The molecule has 0 aliphatic rings. The summed E-state index contributed by atoms with van der Waals surface area (Å²) in [4.78, 5) is 13.8. The van der Waals surface area contributed by atoms with E-state index in [1.54, 1.807) is 0 Å². The van der Waals surface area contributed by atoms with Crippen molar-refractivity contribution in [1.29, 1.82) is 0 Å². The van der Waals surface area contributed by atoms with Crippen LogP contribution in [0.15, 0.2) is 77.4 Å². The lowest BCUT2D eigenvalue weighted by Gasteiger charge is -2.06. The molecule has 0 unspecified atom stereocenters. The van der Waals surface area contributed by atoms with Gasteiger partial charge in [0, 0.05) is 10.9 Å². The number of halogens is 1. The summed E-state index contributed by atoms with van der Waals surface area (Å²) in [6.45, 7) is 0. The zero-order valence-electron chi connectivity index (χ0n) is 12.1. The maximum absolute atomic E-state index is 4.68. The third-order valence-electron chi connectivity index (χ3n) is 3.59. The van der Waals surface area contributed by atoms with E-state index in [9.17, 15) is 0 Å². The largest absolute Gasteiger partial charge is 0.244 e. The first-order valence-corrected chi connectivity index (χ1v) is 8.05. The number of fused-ring (bicyclic) bond motifs is 1. The van der Waals surface area contributed by atoms with Gasteiger partial charge in [0.25, 0.3) is 0 Å². The summed E-state index contributed by atoms with van der Waals surface area (Å²) in [5, 5.41) is 1.11. The van der Waals surface area contributed by atoms with Gasteiger partial charge in [-0.2, -0.15) is 0 Å². The molecule has 0 N–H and O–H groups in total. The molecule has 0 saturated carbocycles. The number of para-hydroxylation sites is 1. The van der Waals surface area contributed by atoms with E-state index in [1.165, 1.54) is 0 Å². The highest BCUT2D eigenvalue weighted by Crippen LogP contribution is 2.24. The highest BCUT2D eigenvalue weighted by atomic mass is 79.9. The van der Waals surface area contributed by atoms with E-state index in [4.69, 9.17) is 0 Å². The molecule has 0 fully saturated rings. The molecule has 2 aromatic heterocycles. The van der Waals surface area contributed by atoms with Crippen LogP contribution in [0.1, 0.15) is 0 Å². The summed E-state index contributed by atoms with van der Waals surface area (Å²) in [6.07, 6.45) is 0. The molecule has 110 valence electrons. The van der Waals surface area contributed by atoms with Crippen molar-refractivity contribution in [2.45, 2.75) is 0 Å². The minimum atomic E-state index is 0.615. The Kier molecular flexibility index (Phi) is 3.60. The Labute approximate surface area is 142 Å². The molecule has 0 aliphatic heterocycles. The van der Waals surface area contributed by atoms with Crippen molar-refractivity contribution in [2.24, 2.45) is 0 Å². The molecule has 0 amide bonds. The fraction of sp³-hybridized carbons (Fsp3) is 0. The van der Waals surface area contributed by atoms with E-state index in [2.05, 4.69) is 30.9 Å². The van der Waals surface area contributed by atoms with Gasteiger partial charge in [0.15, 0.2) is 5.82 Å². The molecule has 0 spiro atoms. The predicted octanol–water partition coefficient (Wildman–Crippen LogP) is 5.12. The number of hydrogen-bond donors (Lipinski definition) is 0. The predicted molar refractivity (Wildman–Crippen MR) is 95.9 cm³/mol. The highest BCUT2D eigenvalue weighted by Gasteiger charge is 2.09. The maximum Gasteiger partial charge on any atom is 0.179 e. The first-order chi connectivity index (χ1) is 11.3. The molecule has 4 heteroatoms. The second kappa shape index (κ2) is 5.89. The Morgan fingerprint density at radius 3 is 2.30 bits per heavy atom. The fourth-order valence-electron chi connectivity index (χ4n) is 2.48. The Hall–Kier alpha value is -2.59. The standard InChI is InChI=1S/C19H12BrN3/c20-18-12-17(13-6-2-1-3-7-13)22-19(23-18)16-11-10-14-8-4-5-9-15(14)21-16/h1-12H. The summed E-state index contributed by atoms with van der Waals surface area (Å²) in [6, 6.07) is 24.0. The molecular weight excluding hydrogens is 350 g/mol. The van der Waals surface area contributed by atoms with E-state index < -0.39 is 0 Å². The van der Waals surface area contributed by atoms with E-state index in [1.807, 2.05) is 72.8 Å². The van der Waals surface area contributed by atoms with Gasteiger partial charge in [-0.05, 0) is 34.1 Å². The zero-order valence-corrected chi connectivity index (χ0v) is 13.7. The molecule has 0 saturated heterocycles. The number of nitrogens with zero attached hydrogens (tertiary/aromatic N) is 3. The van der Waals surface area contributed by atoms with Gasteiger partial charge in [-0.1, -0.05) is 54.6 Å². The van der Waals surface area contributed by atoms with Crippen LogP contribution < -0.4 is 0 Å². The summed E-state index contributed by atoms with van der Waals surface area (Å²) in [5.74, 6) is 0.615. The van der Waals surface area contributed by atoms with Gasteiger partial charge < -0.3 is 0 Å². The van der Waals surface area contributed by atoms with Crippen molar-refractivity contribution in [3.8, 4) is 22.8 Å². The third kappa shape index (κ3) is 2.85. The lowest BCUT2D eigenvalue weighted by molar-refractivity contribution is 1.13. The quantitative estimate of drug-likeness (QED) is 0.465. The Morgan fingerprint density at radius 2 is 1.43 bits per heavy atom. The van der Waals surface area contributed by atoms with E-state index >= 15 is 0 Å². The number of pyridine rings is 1. The Bertz CT molecular complexity index is 984. The molecule has 4 rings (SSSR count). The average molecular weight is 362 g/mol. The molecule has 0 aliphatic carbocycles. The maximum atomic E-state index is 4.68. The lowest BCUT2D eigenvalue weighted by atomic mass is 10.1. The van der Waals surface area contributed by atoms with Crippen LogP contribution in [0.25, 0.3) is 33.7 Å². The van der Waals surface area contributed by atoms with Gasteiger partial charge >= 0.3 is 0 Å². The smallest absolute Gasteiger partial charge is 0.179 e. The normalized spacial score (nSPS) is 10.8. The van der Waals surface area contributed by atoms with Crippen molar-refractivity contribution in [3.05, 3.63) is 77.4 Å². The summed E-state index contributed by atoms with van der Waals surface area (Å²) in [5.41, 5.74) is 3.63. The van der Waals surface area contributed by atoms with Crippen LogP contribution in [-0.4, -0.2) is 15.0 Å². The van der Waals surface area contributed by atoms with Gasteiger partial charge in [-0.15, -0.1) is 0 Å².